The van der Waals surface area contributed by atoms with Gasteiger partial charge in [-0.2, -0.15) is 0 Å². The summed E-state index contributed by atoms with van der Waals surface area (Å²) < 4.78 is 4.91. The summed E-state index contributed by atoms with van der Waals surface area (Å²) in [5.74, 6) is -0.926. The Hall–Kier alpha value is -1.82. The number of ether oxygens (including phenoxy) is 1. The van der Waals surface area contributed by atoms with Gasteiger partial charge >= 0.3 is 12.1 Å². The third-order valence-corrected chi connectivity index (χ3v) is 3.54. The summed E-state index contributed by atoms with van der Waals surface area (Å²) in [6.07, 6.45) is 1.11. The van der Waals surface area contributed by atoms with Gasteiger partial charge in [-0.1, -0.05) is 12.7 Å². The lowest BCUT2D eigenvalue weighted by Crippen LogP contribution is -2.26. The summed E-state index contributed by atoms with van der Waals surface area (Å²) in [5, 5.41) is 8.83. The smallest absolute Gasteiger partial charge is 0.410 e. The molecule has 1 aliphatic rings. The highest BCUT2D eigenvalue weighted by Crippen LogP contribution is 2.31. The van der Waals surface area contributed by atoms with Gasteiger partial charge in [0, 0.05) is 4.88 Å². The van der Waals surface area contributed by atoms with E-state index in [1.54, 1.807) is 6.07 Å². The number of carbonyl (C=O) groups excluding carboxylic acids is 1. The highest BCUT2D eigenvalue weighted by atomic mass is 32.1. The maximum absolute atomic E-state index is 11.5. The quantitative estimate of drug-likeness (QED) is 0.837. The second-order valence-electron chi connectivity index (χ2n) is 3.59. The fraction of sp³-hybridized carbons (Fsp3) is 0.273. The van der Waals surface area contributed by atoms with Gasteiger partial charge in [-0.25, -0.2) is 9.59 Å². The molecule has 1 aliphatic heterocycles. The molecule has 0 spiro atoms. The number of rotatable bonds is 3. The van der Waals surface area contributed by atoms with Crippen LogP contribution in [0.1, 0.15) is 20.1 Å². The predicted octanol–water partition coefficient (Wildman–Crippen LogP) is 2.08. The normalized spacial score (nSPS) is 13.3. The summed E-state index contributed by atoms with van der Waals surface area (Å²) in [5.41, 5.74) is 0.892. The highest BCUT2D eigenvalue weighted by molar-refractivity contribution is 7.14. The Balaban J connectivity index is 2.02. The van der Waals surface area contributed by atoms with Gasteiger partial charge < -0.3 is 9.84 Å². The van der Waals surface area contributed by atoms with Crippen molar-refractivity contribution in [1.29, 1.82) is 0 Å². The number of amides is 1. The molecule has 5 nitrogen and oxygen atoms in total. The Kier molecular flexibility index (Phi) is 3.14. The van der Waals surface area contributed by atoms with Crippen LogP contribution in [0.25, 0.3) is 0 Å². The number of carbonyl (C=O) groups is 2. The van der Waals surface area contributed by atoms with Gasteiger partial charge in [-0.3, -0.25) is 4.90 Å². The van der Waals surface area contributed by atoms with E-state index in [0.717, 1.165) is 10.4 Å². The largest absolute Gasteiger partial charge is 0.477 e. The summed E-state index contributed by atoms with van der Waals surface area (Å²) in [6, 6.07) is 1.61. The second-order valence-corrected chi connectivity index (χ2v) is 4.72. The molecule has 1 amide bonds. The van der Waals surface area contributed by atoms with Crippen molar-refractivity contribution in [1.82, 2.24) is 4.90 Å². The summed E-state index contributed by atoms with van der Waals surface area (Å²) >= 11 is 1.21. The highest BCUT2D eigenvalue weighted by Gasteiger charge is 2.27. The zero-order valence-corrected chi connectivity index (χ0v) is 9.83. The van der Waals surface area contributed by atoms with Crippen LogP contribution in [-0.4, -0.2) is 28.7 Å². The number of aromatic carboxylic acids is 1. The molecule has 2 rings (SSSR count). The van der Waals surface area contributed by atoms with E-state index >= 15 is 0 Å². The maximum atomic E-state index is 11.5. The van der Waals surface area contributed by atoms with Crippen molar-refractivity contribution in [2.75, 3.05) is 6.61 Å². The minimum Gasteiger partial charge on any atom is -0.477 e. The number of hydrogen-bond donors (Lipinski definition) is 1. The SMILES string of the molecule is C=CCOC(=O)N1Cc2cc(C(=O)O)sc2C1. The van der Waals surface area contributed by atoms with Crippen molar-refractivity contribution in [2.24, 2.45) is 0 Å². The van der Waals surface area contributed by atoms with E-state index in [9.17, 15) is 9.59 Å². The lowest BCUT2D eigenvalue weighted by Gasteiger charge is -2.14. The van der Waals surface area contributed by atoms with E-state index in [4.69, 9.17) is 9.84 Å². The second kappa shape index (κ2) is 4.58. The Morgan fingerprint density at radius 1 is 1.59 bits per heavy atom. The molecular formula is C11H11NO4S. The van der Waals surface area contributed by atoms with Crippen LogP contribution in [0, 0.1) is 0 Å². The average Bonchev–Trinajstić information content (AvgIpc) is 2.82. The summed E-state index contributed by atoms with van der Waals surface area (Å²) in [6.45, 7) is 4.48. The molecule has 17 heavy (non-hydrogen) atoms. The van der Waals surface area contributed by atoms with Crippen LogP contribution < -0.4 is 0 Å². The molecule has 0 fully saturated rings. The lowest BCUT2D eigenvalue weighted by atomic mass is 10.3. The molecule has 1 aromatic heterocycles. The molecular weight excluding hydrogens is 242 g/mol. The number of carboxylic acids is 1. The van der Waals surface area contributed by atoms with Crippen LogP contribution in [0.2, 0.25) is 0 Å². The van der Waals surface area contributed by atoms with Crippen LogP contribution in [0.5, 0.6) is 0 Å². The third kappa shape index (κ3) is 2.31. The molecule has 0 aromatic carbocycles. The van der Waals surface area contributed by atoms with Gasteiger partial charge in [-0.05, 0) is 11.6 Å². The van der Waals surface area contributed by atoms with Gasteiger partial charge in [0.05, 0.1) is 13.1 Å². The molecule has 2 heterocycles. The zero-order valence-electron chi connectivity index (χ0n) is 9.01. The van der Waals surface area contributed by atoms with Crippen LogP contribution in [0.4, 0.5) is 4.79 Å². The van der Waals surface area contributed by atoms with E-state index in [-0.39, 0.29) is 6.61 Å². The maximum Gasteiger partial charge on any atom is 0.410 e. The van der Waals surface area contributed by atoms with Crippen molar-refractivity contribution >= 4 is 23.4 Å². The molecule has 90 valence electrons. The van der Waals surface area contributed by atoms with Crippen molar-refractivity contribution in [3.05, 3.63) is 34.0 Å². The molecule has 0 saturated carbocycles. The fourth-order valence-corrected chi connectivity index (χ4v) is 2.65. The molecule has 1 aromatic rings. The first-order valence-electron chi connectivity index (χ1n) is 4.99. The standard InChI is InChI=1S/C11H11NO4S/c1-2-3-16-11(15)12-5-7-4-8(10(13)14)17-9(7)6-12/h2,4H,1,3,5-6H2,(H,13,14). The molecule has 6 heteroatoms. The van der Waals surface area contributed by atoms with E-state index in [1.807, 2.05) is 0 Å². The molecule has 0 unspecified atom stereocenters. The Morgan fingerprint density at radius 3 is 2.94 bits per heavy atom. The van der Waals surface area contributed by atoms with Crippen molar-refractivity contribution in [2.45, 2.75) is 13.1 Å². The van der Waals surface area contributed by atoms with Crippen molar-refractivity contribution in [3.63, 3.8) is 0 Å². The molecule has 0 saturated heterocycles. The molecule has 0 bridgehead atoms. The number of fused-ring (bicyclic) bond motifs is 1. The van der Waals surface area contributed by atoms with Gasteiger partial charge in [-0.15, -0.1) is 11.3 Å². The lowest BCUT2D eigenvalue weighted by molar-refractivity contribution is 0.0702. The van der Waals surface area contributed by atoms with Crippen LogP contribution >= 0.6 is 11.3 Å². The van der Waals surface area contributed by atoms with Gasteiger partial charge in [0.25, 0.3) is 0 Å². The Morgan fingerprint density at radius 2 is 2.35 bits per heavy atom. The third-order valence-electron chi connectivity index (χ3n) is 2.39. The van der Waals surface area contributed by atoms with E-state index in [0.29, 0.717) is 18.0 Å². The van der Waals surface area contributed by atoms with E-state index in [2.05, 4.69) is 6.58 Å². The minimum absolute atomic E-state index is 0.184. The average molecular weight is 253 g/mol. The van der Waals surface area contributed by atoms with E-state index < -0.39 is 12.1 Å². The number of carboxylic acid groups (broad SMARTS) is 1. The van der Waals surface area contributed by atoms with Gasteiger partial charge in [0.15, 0.2) is 0 Å². The van der Waals surface area contributed by atoms with Crippen molar-refractivity contribution < 1.29 is 19.4 Å². The first kappa shape index (κ1) is 11.7. The van der Waals surface area contributed by atoms with Crippen molar-refractivity contribution in [3.8, 4) is 0 Å². The predicted molar refractivity (Wildman–Crippen MR) is 62.1 cm³/mol. The topological polar surface area (TPSA) is 66.8 Å². The number of nitrogens with zero attached hydrogens (tertiary/aromatic N) is 1. The van der Waals surface area contributed by atoms with E-state index in [1.165, 1.54) is 22.3 Å². The van der Waals surface area contributed by atoms with Gasteiger partial charge in [0.1, 0.15) is 11.5 Å². The zero-order chi connectivity index (χ0) is 12.4. The fourth-order valence-electron chi connectivity index (χ4n) is 1.62. The van der Waals surface area contributed by atoms with Crippen LogP contribution in [0.15, 0.2) is 18.7 Å². The monoisotopic (exact) mass is 253 g/mol. The summed E-state index contributed by atoms with van der Waals surface area (Å²) in [4.78, 5) is 25.1. The molecule has 0 atom stereocenters. The molecule has 0 aliphatic carbocycles. The number of thiophene rings is 1. The minimum atomic E-state index is -0.926. The summed E-state index contributed by atoms with van der Waals surface area (Å²) in [7, 11) is 0. The molecule has 0 radical (unpaired) electrons. The van der Waals surface area contributed by atoms with Crippen LogP contribution in [-0.2, 0) is 17.8 Å². The van der Waals surface area contributed by atoms with Crippen LogP contribution in [0.3, 0.4) is 0 Å². The number of hydrogen-bond acceptors (Lipinski definition) is 4. The Labute approximate surface area is 102 Å². The van der Waals surface area contributed by atoms with Gasteiger partial charge in [0.2, 0.25) is 0 Å². The molecule has 1 N–H and O–H groups in total. The Bertz CT molecular complexity index is 456. The first-order chi connectivity index (χ1) is 8.11. The first-order valence-corrected chi connectivity index (χ1v) is 5.81.